The fourth-order valence-corrected chi connectivity index (χ4v) is 4.35. The number of methoxy groups -OCH3 is 1. The van der Waals surface area contributed by atoms with E-state index in [9.17, 15) is 4.79 Å². The molecule has 4 heteroatoms. The Labute approximate surface area is 163 Å². The molecule has 4 nitrogen and oxygen atoms in total. The number of rotatable bonds is 5. The van der Waals surface area contributed by atoms with Gasteiger partial charge in [0.15, 0.2) is 0 Å². The van der Waals surface area contributed by atoms with Crippen molar-refractivity contribution in [2.24, 2.45) is 11.3 Å². The Kier molecular flexibility index (Phi) is 5.64. The second-order valence-corrected chi connectivity index (χ2v) is 8.97. The van der Waals surface area contributed by atoms with Crippen molar-refractivity contribution in [1.29, 1.82) is 0 Å². The number of carbonyl (C=O) groups excluding carboxylic acids is 1. The average molecular weight is 369 g/mol. The maximum atomic E-state index is 13.2. The van der Waals surface area contributed by atoms with Crippen LogP contribution in [0.4, 0.5) is 0 Å². The zero-order valence-corrected chi connectivity index (χ0v) is 17.2. The van der Waals surface area contributed by atoms with E-state index in [1.807, 2.05) is 18.2 Å². The molecule has 1 aromatic carbocycles. The third kappa shape index (κ3) is 4.55. The lowest BCUT2D eigenvalue weighted by Gasteiger charge is -2.38. The maximum Gasteiger partial charge on any atom is 0.223 e. The van der Waals surface area contributed by atoms with E-state index in [2.05, 4.69) is 61.6 Å². The van der Waals surface area contributed by atoms with Crippen molar-refractivity contribution in [1.82, 2.24) is 9.47 Å². The van der Waals surface area contributed by atoms with E-state index >= 15 is 0 Å². The molecule has 0 saturated heterocycles. The summed E-state index contributed by atoms with van der Waals surface area (Å²) in [6, 6.07) is 12.2. The summed E-state index contributed by atoms with van der Waals surface area (Å²) in [5.74, 6) is 1.44. The van der Waals surface area contributed by atoms with Crippen molar-refractivity contribution in [2.75, 3.05) is 13.7 Å². The number of hydrogen-bond acceptors (Lipinski definition) is 2. The van der Waals surface area contributed by atoms with Crippen molar-refractivity contribution >= 4 is 5.91 Å². The van der Waals surface area contributed by atoms with Crippen LogP contribution in [0.25, 0.3) is 0 Å². The SMILES string of the molecule is COc1cccc(C2c3cccn3CCN2C(=O)CC(C)CC(C)(C)C)c1. The van der Waals surface area contributed by atoms with Crippen molar-refractivity contribution < 1.29 is 9.53 Å². The highest BCUT2D eigenvalue weighted by atomic mass is 16.5. The van der Waals surface area contributed by atoms with Gasteiger partial charge in [-0.2, -0.15) is 0 Å². The number of ether oxygens (including phenoxy) is 1. The number of aromatic nitrogens is 1. The molecule has 2 aromatic rings. The maximum absolute atomic E-state index is 13.2. The van der Waals surface area contributed by atoms with Crippen LogP contribution >= 0.6 is 0 Å². The van der Waals surface area contributed by atoms with Crippen LogP contribution in [-0.2, 0) is 11.3 Å². The van der Waals surface area contributed by atoms with Crippen LogP contribution in [0.5, 0.6) is 5.75 Å². The Balaban J connectivity index is 1.88. The van der Waals surface area contributed by atoms with E-state index in [1.54, 1.807) is 7.11 Å². The molecular formula is C23H32N2O2. The lowest BCUT2D eigenvalue weighted by atomic mass is 9.84. The summed E-state index contributed by atoms with van der Waals surface area (Å²) >= 11 is 0. The highest BCUT2D eigenvalue weighted by Gasteiger charge is 2.33. The van der Waals surface area contributed by atoms with Crippen LogP contribution in [0.3, 0.4) is 0 Å². The third-order valence-corrected chi connectivity index (χ3v) is 5.25. The van der Waals surface area contributed by atoms with Gasteiger partial charge in [-0.05, 0) is 47.6 Å². The molecule has 27 heavy (non-hydrogen) atoms. The molecule has 146 valence electrons. The predicted molar refractivity (Wildman–Crippen MR) is 109 cm³/mol. The fraction of sp³-hybridized carbons (Fsp3) is 0.522. The number of fused-ring (bicyclic) bond motifs is 1. The largest absolute Gasteiger partial charge is 0.497 e. The monoisotopic (exact) mass is 368 g/mol. The number of hydrogen-bond donors (Lipinski definition) is 0. The molecule has 0 aliphatic carbocycles. The van der Waals surface area contributed by atoms with Crippen molar-refractivity contribution in [3.8, 4) is 5.75 Å². The third-order valence-electron chi connectivity index (χ3n) is 5.25. The minimum Gasteiger partial charge on any atom is -0.497 e. The average Bonchev–Trinajstić information content (AvgIpc) is 3.07. The van der Waals surface area contributed by atoms with Crippen molar-refractivity contribution in [3.05, 3.63) is 53.9 Å². The molecule has 2 heterocycles. The minimum atomic E-state index is -0.0572. The molecule has 0 fully saturated rings. The van der Waals surface area contributed by atoms with Gasteiger partial charge in [-0.3, -0.25) is 4.79 Å². The zero-order chi connectivity index (χ0) is 19.6. The summed E-state index contributed by atoms with van der Waals surface area (Å²) < 4.78 is 7.68. The first-order chi connectivity index (χ1) is 12.8. The van der Waals surface area contributed by atoms with E-state index in [4.69, 9.17) is 4.74 Å². The van der Waals surface area contributed by atoms with E-state index < -0.39 is 0 Å². The molecule has 1 aliphatic rings. The summed E-state index contributed by atoms with van der Waals surface area (Å²) in [5, 5.41) is 0. The Morgan fingerprint density at radius 1 is 1.22 bits per heavy atom. The second-order valence-electron chi connectivity index (χ2n) is 8.97. The predicted octanol–water partition coefficient (Wildman–Crippen LogP) is 4.89. The van der Waals surface area contributed by atoms with Crippen LogP contribution in [-0.4, -0.2) is 29.0 Å². The number of carbonyl (C=O) groups is 1. The summed E-state index contributed by atoms with van der Waals surface area (Å²) in [6.45, 7) is 10.5. The first-order valence-electron chi connectivity index (χ1n) is 9.87. The summed E-state index contributed by atoms with van der Waals surface area (Å²) in [5.41, 5.74) is 2.51. The molecule has 0 radical (unpaired) electrons. The molecular weight excluding hydrogens is 336 g/mol. The Bertz CT molecular complexity index is 788. The first-order valence-corrected chi connectivity index (χ1v) is 9.87. The molecule has 0 N–H and O–H groups in total. The van der Waals surface area contributed by atoms with Gasteiger partial charge in [-0.15, -0.1) is 0 Å². The van der Waals surface area contributed by atoms with Crippen LogP contribution < -0.4 is 4.74 Å². The van der Waals surface area contributed by atoms with Gasteiger partial charge < -0.3 is 14.2 Å². The Morgan fingerprint density at radius 3 is 2.70 bits per heavy atom. The van der Waals surface area contributed by atoms with Crippen LogP contribution in [0.15, 0.2) is 42.6 Å². The quantitative estimate of drug-likeness (QED) is 0.753. The van der Waals surface area contributed by atoms with Gasteiger partial charge in [0, 0.05) is 31.4 Å². The fourth-order valence-electron chi connectivity index (χ4n) is 4.35. The Hall–Kier alpha value is -2.23. The van der Waals surface area contributed by atoms with Crippen LogP contribution in [0.2, 0.25) is 0 Å². The molecule has 1 aromatic heterocycles. The van der Waals surface area contributed by atoms with E-state index in [0.29, 0.717) is 12.3 Å². The first kappa shape index (κ1) is 19.5. The van der Waals surface area contributed by atoms with Crippen LogP contribution in [0.1, 0.15) is 57.8 Å². The second kappa shape index (κ2) is 7.79. The van der Waals surface area contributed by atoms with Gasteiger partial charge >= 0.3 is 0 Å². The topological polar surface area (TPSA) is 34.5 Å². The highest BCUT2D eigenvalue weighted by Crippen LogP contribution is 2.35. The van der Waals surface area contributed by atoms with E-state index in [0.717, 1.165) is 30.8 Å². The van der Waals surface area contributed by atoms with Gasteiger partial charge in [0.2, 0.25) is 5.91 Å². The molecule has 3 rings (SSSR count). The highest BCUT2D eigenvalue weighted by molar-refractivity contribution is 5.77. The van der Waals surface area contributed by atoms with Gasteiger partial charge in [-0.25, -0.2) is 0 Å². The number of benzene rings is 1. The number of amides is 1. The molecule has 2 atom stereocenters. The molecule has 0 saturated carbocycles. The normalized spacial score (nSPS) is 18.1. The standard InChI is InChI=1S/C23H32N2O2/c1-17(16-23(2,3)4)14-21(26)25-13-12-24-11-7-10-20(24)22(25)18-8-6-9-19(15-18)27-5/h6-11,15,17,22H,12-14,16H2,1-5H3. The van der Waals surface area contributed by atoms with Gasteiger partial charge in [0.05, 0.1) is 13.2 Å². The van der Waals surface area contributed by atoms with Crippen molar-refractivity contribution in [3.63, 3.8) is 0 Å². The lowest BCUT2D eigenvalue weighted by Crippen LogP contribution is -2.43. The van der Waals surface area contributed by atoms with Gasteiger partial charge in [0.25, 0.3) is 0 Å². The number of nitrogens with zero attached hydrogens (tertiary/aromatic N) is 2. The molecule has 2 unspecified atom stereocenters. The summed E-state index contributed by atoms with van der Waals surface area (Å²) in [6.07, 6.45) is 3.75. The lowest BCUT2D eigenvalue weighted by molar-refractivity contribution is -0.135. The van der Waals surface area contributed by atoms with E-state index in [1.165, 1.54) is 5.69 Å². The smallest absolute Gasteiger partial charge is 0.223 e. The summed E-state index contributed by atoms with van der Waals surface area (Å²) in [4.78, 5) is 15.3. The summed E-state index contributed by atoms with van der Waals surface area (Å²) in [7, 11) is 1.68. The van der Waals surface area contributed by atoms with Crippen LogP contribution in [0, 0.1) is 11.3 Å². The van der Waals surface area contributed by atoms with E-state index in [-0.39, 0.29) is 17.4 Å². The Morgan fingerprint density at radius 2 is 2.00 bits per heavy atom. The van der Waals surface area contributed by atoms with Gasteiger partial charge in [-0.1, -0.05) is 39.8 Å². The minimum absolute atomic E-state index is 0.0572. The van der Waals surface area contributed by atoms with Gasteiger partial charge in [0.1, 0.15) is 5.75 Å². The molecule has 1 aliphatic heterocycles. The molecule has 0 spiro atoms. The van der Waals surface area contributed by atoms with Crippen molar-refractivity contribution in [2.45, 2.75) is 53.1 Å². The molecule has 1 amide bonds. The zero-order valence-electron chi connectivity index (χ0n) is 17.2. The molecule has 0 bridgehead atoms.